The molecule has 0 atom stereocenters. The molecule has 136 valence electrons. The summed E-state index contributed by atoms with van der Waals surface area (Å²) in [5, 5.41) is 14.3. The van der Waals surface area contributed by atoms with Crippen molar-refractivity contribution < 1.29 is 8.91 Å². The normalized spacial score (nSPS) is 15.5. The van der Waals surface area contributed by atoms with E-state index in [-0.39, 0.29) is 5.82 Å². The van der Waals surface area contributed by atoms with Crippen LogP contribution in [0.3, 0.4) is 0 Å². The van der Waals surface area contributed by atoms with Crippen molar-refractivity contribution in [1.29, 1.82) is 0 Å². The quantitative estimate of drug-likeness (QED) is 0.678. The van der Waals surface area contributed by atoms with E-state index in [0.717, 1.165) is 41.9 Å². The largest absolute Gasteiger partial charge is 0.344 e. The number of benzene rings is 1. The first kappa shape index (κ1) is 17.0. The average Bonchev–Trinajstić information content (AvgIpc) is 3.27. The third kappa shape index (κ3) is 4.05. The minimum atomic E-state index is -0.222. The first-order valence-corrected chi connectivity index (χ1v) is 9.31. The Morgan fingerprint density at radius 3 is 2.58 bits per heavy atom. The van der Waals surface area contributed by atoms with E-state index in [1.54, 1.807) is 23.5 Å². The predicted octanol–water partition coefficient (Wildman–Crippen LogP) is 2.28. The summed E-state index contributed by atoms with van der Waals surface area (Å²) in [7, 11) is 0. The van der Waals surface area contributed by atoms with Gasteiger partial charge in [0.2, 0.25) is 11.0 Å². The second-order valence-corrected chi connectivity index (χ2v) is 7.32. The number of rotatable bonds is 5. The van der Waals surface area contributed by atoms with Gasteiger partial charge in [-0.2, -0.15) is 4.98 Å². The van der Waals surface area contributed by atoms with Gasteiger partial charge in [-0.3, -0.25) is 4.90 Å². The molecule has 1 aromatic carbocycles. The zero-order valence-corrected chi connectivity index (χ0v) is 15.2. The molecule has 9 heteroatoms. The van der Waals surface area contributed by atoms with Crippen molar-refractivity contribution in [3.63, 3.8) is 0 Å². The molecule has 4 rings (SSSR count). The Labute approximate surface area is 154 Å². The highest BCUT2D eigenvalue weighted by atomic mass is 32.1. The first-order chi connectivity index (χ1) is 12.7. The van der Waals surface area contributed by atoms with E-state index in [9.17, 15) is 4.39 Å². The van der Waals surface area contributed by atoms with Gasteiger partial charge >= 0.3 is 0 Å². The molecule has 3 heterocycles. The smallest absolute Gasteiger partial charge is 0.240 e. The second kappa shape index (κ2) is 7.46. The Bertz CT molecular complexity index is 856. The van der Waals surface area contributed by atoms with Gasteiger partial charge in [-0.05, 0) is 24.6 Å². The van der Waals surface area contributed by atoms with E-state index in [4.69, 9.17) is 4.52 Å². The van der Waals surface area contributed by atoms with Gasteiger partial charge in [0.1, 0.15) is 10.8 Å². The van der Waals surface area contributed by atoms with E-state index in [1.807, 2.05) is 6.92 Å². The lowest BCUT2D eigenvalue weighted by Gasteiger charge is -2.33. The minimum absolute atomic E-state index is 0.222. The van der Waals surface area contributed by atoms with Gasteiger partial charge in [0, 0.05) is 32.6 Å². The van der Waals surface area contributed by atoms with Crippen LogP contribution in [0, 0.1) is 12.7 Å². The molecule has 1 aliphatic heterocycles. The Hall–Kier alpha value is -2.39. The number of anilines is 1. The molecule has 0 spiro atoms. The van der Waals surface area contributed by atoms with Crippen LogP contribution in [0.1, 0.15) is 22.3 Å². The van der Waals surface area contributed by atoms with Gasteiger partial charge in [0.05, 0.1) is 6.54 Å². The Morgan fingerprint density at radius 2 is 1.88 bits per heavy atom. The van der Waals surface area contributed by atoms with Crippen LogP contribution in [0.4, 0.5) is 9.52 Å². The molecule has 2 aromatic heterocycles. The maximum atomic E-state index is 13.0. The van der Waals surface area contributed by atoms with Gasteiger partial charge < -0.3 is 9.42 Å². The SMILES string of the molecule is Cc1noc(CN2CCN(c3nnc(Cc4ccc(F)cc4)s3)CC2)n1. The summed E-state index contributed by atoms with van der Waals surface area (Å²) in [6, 6.07) is 6.52. The van der Waals surface area contributed by atoms with Crippen LogP contribution < -0.4 is 4.90 Å². The number of aryl methyl sites for hydroxylation is 1. The Balaban J connectivity index is 1.32. The number of hydrogen-bond acceptors (Lipinski definition) is 8. The van der Waals surface area contributed by atoms with Crippen LogP contribution in [0.25, 0.3) is 0 Å². The molecule has 26 heavy (non-hydrogen) atoms. The fraction of sp³-hybridized carbons (Fsp3) is 0.412. The van der Waals surface area contributed by atoms with Crippen molar-refractivity contribution in [3.05, 3.63) is 52.4 Å². The fourth-order valence-corrected chi connectivity index (χ4v) is 3.84. The third-order valence-corrected chi connectivity index (χ3v) is 5.28. The summed E-state index contributed by atoms with van der Waals surface area (Å²) in [5.74, 6) is 1.11. The summed E-state index contributed by atoms with van der Waals surface area (Å²) in [5.41, 5.74) is 1.04. The molecule has 1 aliphatic rings. The fourth-order valence-electron chi connectivity index (χ4n) is 2.91. The molecule has 0 amide bonds. The maximum absolute atomic E-state index is 13.0. The number of aromatic nitrogens is 4. The lowest BCUT2D eigenvalue weighted by Crippen LogP contribution is -2.46. The van der Waals surface area contributed by atoms with E-state index in [1.165, 1.54) is 12.1 Å². The highest BCUT2D eigenvalue weighted by molar-refractivity contribution is 7.15. The molecule has 0 unspecified atom stereocenters. The maximum Gasteiger partial charge on any atom is 0.240 e. The van der Waals surface area contributed by atoms with Crippen LogP contribution >= 0.6 is 11.3 Å². The molecule has 0 saturated carbocycles. The van der Waals surface area contributed by atoms with Crippen molar-refractivity contribution >= 4 is 16.5 Å². The van der Waals surface area contributed by atoms with Gasteiger partial charge in [-0.1, -0.05) is 28.6 Å². The van der Waals surface area contributed by atoms with Gasteiger partial charge in [0.15, 0.2) is 5.82 Å². The molecule has 0 N–H and O–H groups in total. The van der Waals surface area contributed by atoms with E-state index in [2.05, 4.69) is 30.1 Å². The van der Waals surface area contributed by atoms with Crippen LogP contribution in [0.5, 0.6) is 0 Å². The van der Waals surface area contributed by atoms with Crippen LogP contribution in [-0.2, 0) is 13.0 Å². The predicted molar refractivity (Wildman–Crippen MR) is 95.6 cm³/mol. The molecule has 3 aromatic rings. The summed E-state index contributed by atoms with van der Waals surface area (Å²) in [4.78, 5) is 8.80. The topological polar surface area (TPSA) is 71.2 Å². The van der Waals surface area contributed by atoms with E-state index >= 15 is 0 Å². The van der Waals surface area contributed by atoms with Crippen molar-refractivity contribution in [1.82, 2.24) is 25.2 Å². The molecule has 1 saturated heterocycles. The van der Waals surface area contributed by atoms with Crippen LogP contribution in [0.15, 0.2) is 28.8 Å². The van der Waals surface area contributed by atoms with Crippen molar-refractivity contribution in [2.24, 2.45) is 0 Å². The lowest BCUT2D eigenvalue weighted by molar-refractivity contribution is 0.215. The van der Waals surface area contributed by atoms with Crippen molar-refractivity contribution in [2.75, 3.05) is 31.1 Å². The molecule has 0 radical (unpaired) electrons. The third-order valence-electron chi connectivity index (χ3n) is 4.30. The molecule has 1 fully saturated rings. The standard InChI is InChI=1S/C17H19FN6OS/c1-12-19-15(25-22-12)11-23-6-8-24(9-7-23)17-21-20-16(26-17)10-13-2-4-14(18)5-3-13/h2-5H,6-11H2,1H3. The number of piperazine rings is 1. The lowest BCUT2D eigenvalue weighted by atomic mass is 10.2. The molecule has 0 aliphatic carbocycles. The molecule has 0 bridgehead atoms. The van der Waals surface area contributed by atoms with Crippen LogP contribution in [-0.4, -0.2) is 51.4 Å². The molecular weight excluding hydrogens is 355 g/mol. The van der Waals surface area contributed by atoms with Gasteiger partial charge in [0.25, 0.3) is 0 Å². The zero-order valence-electron chi connectivity index (χ0n) is 14.4. The average molecular weight is 374 g/mol. The molecule has 7 nitrogen and oxygen atoms in total. The Kier molecular flexibility index (Phi) is 4.89. The number of halogens is 1. The van der Waals surface area contributed by atoms with E-state index < -0.39 is 0 Å². The van der Waals surface area contributed by atoms with Gasteiger partial charge in [-0.25, -0.2) is 4.39 Å². The highest BCUT2D eigenvalue weighted by Gasteiger charge is 2.21. The minimum Gasteiger partial charge on any atom is -0.344 e. The van der Waals surface area contributed by atoms with Crippen molar-refractivity contribution in [2.45, 2.75) is 19.9 Å². The summed E-state index contributed by atoms with van der Waals surface area (Å²) < 4.78 is 18.2. The monoisotopic (exact) mass is 374 g/mol. The van der Waals surface area contributed by atoms with E-state index in [0.29, 0.717) is 24.7 Å². The summed E-state index contributed by atoms with van der Waals surface area (Å²) in [6.07, 6.45) is 0.675. The number of nitrogens with zero attached hydrogens (tertiary/aromatic N) is 6. The summed E-state index contributed by atoms with van der Waals surface area (Å²) >= 11 is 1.60. The first-order valence-electron chi connectivity index (χ1n) is 8.49. The Morgan fingerprint density at radius 1 is 1.12 bits per heavy atom. The van der Waals surface area contributed by atoms with Gasteiger partial charge in [-0.15, -0.1) is 10.2 Å². The second-order valence-electron chi connectivity index (χ2n) is 6.28. The summed E-state index contributed by atoms with van der Waals surface area (Å²) in [6.45, 7) is 6.10. The van der Waals surface area contributed by atoms with Crippen LogP contribution in [0.2, 0.25) is 0 Å². The highest BCUT2D eigenvalue weighted by Crippen LogP contribution is 2.24. The number of hydrogen-bond donors (Lipinski definition) is 0. The van der Waals surface area contributed by atoms with Crippen molar-refractivity contribution in [3.8, 4) is 0 Å². The molecular formula is C17H19FN6OS. The zero-order chi connectivity index (χ0) is 17.9.